The van der Waals surface area contributed by atoms with Crippen LogP contribution < -0.4 is 10.2 Å². The first kappa shape index (κ1) is 15.9. The van der Waals surface area contributed by atoms with Gasteiger partial charge in [-0.15, -0.1) is 0 Å². The van der Waals surface area contributed by atoms with Crippen LogP contribution in [0.25, 0.3) is 10.2 Å². The van der Waals surface area contributed by atoms with Crippen molar-refractivity contribution in [1.82, 2.24) is 4.57 Å². The van der Waals surface area contributed by atoms with E-state index in [2.05, 4.69) is 5.32 Å². The first-order valence-corrected chi connectivity index (χ1v) is 7.90. The minimum atomic E-state index is -0.547. The number of anilines is 1. The van der Waals surface area contributed by atoms with Crippen molar-refractivity contribution >= 4 is 38.8 Å². The quantitative estimate of drug-likeness (QED) is 0.582. The Labute approximate surface area is 140 Å². The van der Waals surface area contributed by atoms with E-state index in [1.54, 1.807) is 31.2 Å². The third-order valence-electron chi connectivity index (χ3n) is 3.50. The molecule has 1 N–H and O–H groups in total. The summed E-state index contributed by atoms with van der Waals surface area (Å²) in [7, 11) is 0. The normalized spacial score (nSPS) is 10.7. The number of fused-ring (bicyclic) bond motifs is 1. The van der Waals surface area contributed by atoms with E-state index >= 15 is 0 Å². The van der Waals surface area contributed by atoms with Crippen LogP contribution in [0.5, 0.6) is 0 Å². The molecule has 3 aromatic rings. The second-order valence-corrected chi connectivity index (χ2v) is 6.24. The fourth-order valence-electron chi connectivity index (χ4n) is 2.40. The Kier molecular flexibility index (Phi) is 4.13. The highest BCUT2D eigenvalue weighted by atomic mass is 32.1. The number of rotatable bonds is 4. The smallest absolute Gasteiger partial charge is 0.308 e. The van der Waals surface area contributed by atoms with E-state index in [-0.39, 0.29) is 22.8 Å². The average Bonchev–Trinajstić information content (AvgIpc) is 2.85. The van der Waals surface area contributed by atoms with Crippen molar-refractivity contribution in [3.05, 3.63) is 67.8 Å². The third-order valence-corrected chi connectivity index (χ3v) is 4.46. The molecule has 0 unspecified atom stereocenters. The second kappa shape index (κ2) is 6.25. The fourth-order valence-corrected chi connectivity index (χ4v) is 3.29. The van der Waals surface area contributed by atoms with Gasteiger partial charge >= 0.3 is 4.87 Å². The molecule has 7 nitrogen and oxygen atoms in total. The molecule has 1 heterocycles. The summed E-state index contributed by atoms with van der Waals surface area (Å²) in [6.45, 7) is 1.53. The van der Waals surface area contributed by atoms with Gasteiger partial charge in [0.15, 0.2) is 0 Å². The molecule has 0 radical (unpaired) electrons. The number of benzene rings is 2. The maximum atomic E-state index is 12.2. The molecule has 24 heavy (non-hydrogen) atoms. The highest BCUT2D eigenvalue weighted by Gasteiger charge is 2.17. The van der Waals surface area contributed by atoms with Crippen molar-refractivity contribution in [2.75, 3.05) is 5.32 Å². The Morgan fingerprint density at radius 3 is 2.79 bits per heavy atom. The van der Waals surface area contributed by atoms with Crippen LogP contribution in [0.3, 0.4) is 0 Å². The summed E-state index contributed by atoms with van der Waals surface area (Å²) >= 11 is 1.06. The van der Waals surface area contributed by atoms with Crippen molar-refractivity contribution in [3.8, 4) is 0 Å². The Morgan fingerprint density at radius 1 is 1.29 bits per heavy atom. The number of nitro benzene ring substituents is 1. The first-order valence-electron chi connectivity index (χ1n) is 7.09. The molecule has 1 amide bonds. The molecule has 0 aliphatic heterocycles. The number of carbonyl (C=O) groups excluding carboxylic acids is 1. The van der Waals surface area contributed by atoms with E-state index in [0.29, 0.717) is 5.52 Å². The monoisotopic (exact) mass is 343 g/mol. The molecule has 1 aromatic heterocycles. The SMILES string of the molecule is Cc1ccc(NC(=O)Cn2c(=O)sc3ccccc32)c([N+](=O)[O-])c1. The maximum absolute atomic E-state index is 12.2. The van der Waals surface area contributed by atoms with Crippen LogP contribution in [0.1, 0.15) is 5.56 Å². The first-order chi connectivity index (χ1) is 11.5. The molecular formula is C16H13N3O4S. The lowest BCUT2D eigenvalue weighted by atomic mass is 10.2. The molecular weight excluding hydrogens is 330 g/mol. The number of hydrogen-bond donors (Lipinski definition) is 1. The van der Waals surface area contributed by atoms with E-state index in [9.17, 15) is 19.7 Å². The predicted octanol–water partition coefficient (Wildman–Crippen LogP) is 2.92. The van der Waals surface area contributed by atoms with Gasteiger partial charge in [0.2, 0.25) is 5.91 Å². The fraction of sp³-hybridized carbons (Fsp3) is 0.125. The van der Waals surface area contributed by atoms with Crippen LogP contribution >= 0.6 is 11.3 Å². The Hall–Kier alpha value is -3.00. The van der Waals surface area contributed by atoms with Gasteiger partial charge in [0, 0.05) is 6.07 Å². The summed E-state index contributed by atoms with van der Waals surface area (Å²) in [4.78, 5) is 34.6. The van der Waals surface area contributed by atoms with Crippen LogP contribution in [0, 0.1) is 17.0 Å². The zero-order valence-electron chi connectivity index (χ0n) is 12.7. The van der Waals surface area contributed by atoms with Gasteiger partial charge in [-0.3, -0.25) is 24.3 Å². The highest BCUT2D eigenvalue weighted by molar-refractivity contribution is 7.16. The average molecular weight is 343 g/mol. The molecule has 0 fully saturated rings. The Balaban J connectivity index is 1.87. The predicted molar refractivity (Wildman–Crippen MR) is 92.5 cm³/mol. The lowest BCUT2D eigenvalue weighted by Gasteiger charge is -2.07. The summed E-state index contributed by atoms with van der Waals surface area (Å²) in [5, 5.41) is 13.6. The van der Waals surface area contributed by atoms with E-state index < -0.39 is 10.8 Å². The minimum Gasteiger partial charge on any atom is -0.319 e. The van der Waals surface area contributed by atoms with Gasteiger partial charge in [-0.25, -0.2) is 0 Å². The van der Waals surface area contributed by atoms with E-state index in [0.717, 1.165) is 21.6 Å². The van der Waals surface area contributed by atoms with Gasteiger partial charge in [-0.05, 0) is 30.7 Å². The van der Waals surface area contributed by atoms with Crippen molar-refractivity contribution < 1.29 is 9.72 Å². The largest absolute Gasteiger partial charge is 0.319 e. The van der Waals surface area contributed by atoms with Gasteiger partial charge < -0.3 is 5.32 Å². The van der Waals surface area contributed by atoms with Crippen molar-refractivity contribution in [1.29, 1.82) is 0 Å². The molecule has 0 saturated carbocycles. The molecule has 3 rings (SSSR count). The molecule has 0 atom stereocenters. The number of nitrogens with one attached hydrogen (secondary N) is 1. The molecule has 0 bridgehead atoms. The highest BCUT2D eigenvalue weighted by Crippen LogP contribution is 2.25. The van der Waals surface area contributed by atoms with Crippen molar-refractivity contribution in [3.63, 3.8) is 0 Å². The van der Waals surface area contributed by atoms with Crippen LogP contribution in [-0.2, 0) is 11.3 Å². The van der Waals surface area contributed by atoms with Crippen LogP contribution in [0.4, 0.5) is 11.4 Å². The maximum Gasteiger partial charge on any atom is 0.308 e. The number of carbonyl (C=O) groups is 1. The number of thiazole rings is 1. The number of aryl methyl sites for hydroxylation is 1. The number of aromatic nitrogens is 1. The number of hydrogen-bond acceptors (Lipinski definition) is 5. The zero-order valence-corrected chi connectivity index (χ0v) is 13.5. The number of amides is 1. The van der Waals surface area contributed by atoms with Crippen LogP contribution in [0.15, 0.2) is 47.3 Å². The van der Waals surface area contributed by atoms with E-state index in [4.69, 9.17) is 0 Å². The standard InChI is InChI=1S/C16H13N3O4S/c1-10-6-7-11(13(8-10)19(22)23)17-15(20)9-18-12-4-2-3-5-14(12)24-16(18)21/h2-8H,9H2,1H3,(H,17,20). The number of nitrogens with zero attached hydrogens (tertiary/aromatic N) is 2. The minimum absolute atomic E-state index is 0.114. The van der Waals surface area contributed by atoms with E-state index in [1.165, 1.54) is 16.7 Å². The topological polar surface area (TPSA) is 94.2 Å². The Bertz CT molecular complexity index is 1010. The van der Waals surface area contributed by atoms with Gasteiger partial charge in [-0.2, -0.15) is 0 Å². The molecule has 0 aliphatic rings. The van der Waals surface area contributed by atoms with Gasteiger partial charge in [-0.1, -0.05) is 29.5 Å². The summed E-state index contributed by atoms with van der Waals surface area (Å²) in [6, 6.07) is 11.7. The molecule has 0 spiro atoms. The second-order valence-electron chi connectivity index (χ2n) is 5.25. The van der Waals surface area contributed by atoms with Gasteiger partial charge in [0.1, 0.15) is 12.2 Å². The summed E-state index contributed by atoms with van der Waals surface area (Å²) in [5.41, 5.74) is 1.33. The van der Waals surface area contributed by atoms with Crippen molar-refractivity contribution in [2.24, 2.45) is 0 Å². The van der Waals surface area contributed by atoms with Crippen LogP contribution in [0.2, 0.25) is 0 Å². The molecule has 0 aliphatic carbocycles. The summed E-state index contributed by atoms with van der Waals surface area (Å²) < 4.78 is 2.15. The lowest BCUT2D eigenvalue weighted by molar-refractivity contribution is -0.384. The molecule has 122 valence electrons. The zero-order chi connectivity index (χ0) is 17.3. The summed E-state index contributed by atoms with van der Waals surface area (Å²) in [5.74, 6) is -0.493. The van der Waals surface area contributed by atoms with Gasteiger partial charge in [0.25, 0.3) is 5.69 Å². The molecule has 2 aromatic carbocycles. The molecule has 8 heteroatoms. The number of nitro groups is 1. The molecule has 0 saturated heterocycles. The summed E-state index contributed by atoms with van der Waals surface area (Å²) in [6.07, 6.45) is 0. The van der Waals surface area contributed by atoms with E-state index in [1.807, 2.05) is 6.07 Å². The van der Waals surface area contributed by atoms with Crippen molar-refractivity contribution in [2.45, 2.75) is 13.5 Å². The lowest BCUT2D eigenvalue weighted by Crippen LogP contribution is -2.24. The Morgan fingerprint density at radius 2 is 2.04 bits per heavy atom. The third kappa shape index (κ3) is 3.04. The van der Waals surface area contributed by atoms with Gasteiger partial charge in [0.05, 0.1) is 15.1 Å². The number of para-hydroxylation sites is 1. The van der Waals surface area contributed by atoms with Crippen LogP contribution in [-0.4, -0.2) is 15.4 Å².